The number of halogens is 6. The van der Waals surface area contributed by atoms with Crippen LogP contribution in [-0.4, -0.2) is 68.5 Å². The van der Waals surface area contributed by atoms with Crippen LogP contribution in [0.25, 0.3) is 126 Å². The van der Waals surface area contributed by atoms with Crippen LogP contribution in [0, 0.1) is 41.5 Å². The molecule has 0 bridgehead atoms. The molecular formula is C130H135BrCl5NO11. The molecule has 18 heteroatoms. The first-order valence-electron chi connectivity index (χ1n) is 50.3. The van der Waals surface area contributed by atoms with Gasteiger partial charge in [0.25, 0.3) is 0 Å². The Morgan fingerprint density at radius 2 is 0.696 bits per heavy atom. The van der Waals surface area contributed by atoms with Crippen LogP contribution < -0.4 is 4.74 Å². The van der Waals surface area contributed by atoms with Crippen LogP contribution in [0.4, 0.5) is 0 Å². The second kappa shape index (κ2) is 47.0. The highest BCUT2D eigenvalue weighted by Gasteiger charge is 2.38. The maximum atomic E-state index is 13.0. The van der Waals surface area contributed by atoms with Crippen molar-refractivity contribution in [2.45, 2.75) is 258 Å². The van der Waals surface area contributed by atoms with Crippen molar-refractivity contribution in [3.05, 3.63) is 357 Å². The number of hydrogen-bond donors (Lipinski definition) is 0. The Labute approximate surface area is 907 Å². The zero-order chi connectivity index (χ0) is 108. The Morgan fingerprint density at radius 1 is 0.365 bits per heavy atom. The quantitative estimate of drug-likeness (QED) is 0.0634. The van der Waals surface area contributed by atoms with Crippen LogP contribution in [0.15, 0.2) is 254 Å². The average molecular weight is 2140 g/mol. The summed E-state index contributed by atoms with van der Waals surface area (Å²) in [5, 5.41) is 15.4. The number of carbonyl (C=O) groups is 5. The predicted octanol–water partition coefficient (Wildman–Crippen LogP) is 37.3. The lowest BCUT2D eigenvalue weighted by Gasteiger charge is -2.30. The fourth-order valence-electron chi connectivity index (χ4n) is 20.1. The minimum absolute atomic E-state index is 0.00270. The third-order valence-electron chi connectivity index (χ3n) is 26.3. The van der Waals surface area contributed by atoms with Crippen LogP contribution in [-0.2, 0) is 60.5 Å². The third-order valence-corrected chi connectivity index (χ3v) is 28.5. The van der Waals surface area contributed by atoms with Crippen molar-refractivity contribution >= 4 is 174 Å². The highest BCUT2D eigenvalue weighted by Crippen LogP contribution is 2.52. The number of ketones is 5. The number of aromatic nitrogens is 1. The summed E-state index contributed by atoms with van der Waals surface area (Å²) in [5.74, 6) is 0.774. The van der Waals surface area contributed by atoms with Crippen LogP contribution in [0.1, 0.15) is 254 Å². The molecule has 4 unspecified atom stereocenters. The summed E-state index contributed by atoms with van der Waals surface area (Å²) in [6, 6.07) is 78.4. The standard InChI is InChI=1S/C29H28ClNO3.C26H29ClO2.C26H27ClO2.C25H27ClO2.C24H24BrClO2/c1-16-14-19-6-7-20(30)15-22(19)26(24(16)28(17(2)32)34-29(3,4)5)21-8-9-23-25-18(11-13-33-23)10-12-31-27(21)25;2*1-7-20-16(2)23(25(17(3)28)29-26(4,5)6)24(18-12-14-19(27)15-13-18)22-11-9-8-10-21(20)22;1-15-16(2)22(24(17(3)27)28-25(4,5)6)23(18-11-13-19(26)14-12-18)21-10-8-7-9-20(15)21;1-14-20(23(15(2)27)28-24(3,4)5)21(16-10-12-17(26)13-11-16)18-8-6-7-9-19(18)22(14)25/h6-10,12,14-15,28H,11,13H2,1-5H3;8-15,25H,7H2,1-6H3;7-15,25H,1H2,2-6H3;7-14,24H,1-6H3;6-13,23H,1-5H3/t28-;;;;/m1..../s1. The summed E-state index contributed by atoms with van der Waals surface area (Å²) in [4.78, 5) is 68.8. The van der Waals surface area contributed by atoms with Gasteiger partial charge in [-0.05, 0) is 452 Å². The molecule has 148 heavy (non-hydrogen) atoms. The molecule has 0 radical (unpaired) electrons. The monoisotopic (exact) mass is 2140 g/mol. The Morgan fingerprint density at radius 3 is 1.08 bits per heavy atom. The van der Waals surface area contributed by atoms with Crippen molar-refractivity contribution < 1.29 is 52.4 Å². The topological polar surface area (TPSA) is 154 Å². The van der Waals surface area contributed by atoms with Crippen LogP contribution in [0.2, 0.25) is 25.1 Å². The van der Waals surface area contributed by atoms with E-state index in [0.29, 0.717) is 31.7 Å². The number of Topliss-reactive ketones (excluding diaryl/α,β-unsaturated/α-hetero) is 5. The van der Waals surface area contributed by atoms with Gasteiger partial charge in [0.05, 0.1) is 40.1 Å². The summed E-state index contributed by atoms with van der Waals surface area (Å²) in [7, 11) is 0. The van der Waals surface area contributed by atoms with Crippen molar-refractivity contribution in [1.82, 2.24) is 4.98 Å². The van der Waals surface area contributed by atoms with Crippen molar-refractivity contribution in [3.8, 4) is 61.4 Å². The largest absolute Gasteiger partial charge is 0.493 e. The first-order chi connectivity index (χ1) is 69.6. The van der Waals surface area contributed by atoms with E-state index in [1.807, 2.05) is 307 Å². The first-order valence-corrected chi connectivity index (χ1v) is 53.0. The zero-order valence-electron chi connectivity index (χ0n) is 90.1. The lowest BCUT2D eigenvalue weighted by molar-refractivity contribution is -0.139. The zero-order valence-corrected chi connectivity index (χ0v) is 95.5. The average Bonchev–Trinajstić information content (AvgIpc) is 0.733. The van der Waals surface area contributed by atoms with Gasteiger partial charge in [-0.1, -0.05) is 235 Å². The molecule has 5 atom stereocenters. The van der Waals surface area contributed by atoms with E-state index in [9.17, 15) is 24.0 Å². The van der Waals surface area contributed by atoms with E-state index in [0.717, 1.165) is 194 Å². The van der Waals surface area contributed by atoms with E-state index in [4.69, 9.17) is 91.4 Å². The van der Waals surface area contributed by atoms with Crippen molar-refractivity contribution in [2.75, 3.05) is 6.61 Å². The molecule has 0 fully saturated rings. The normalized spacial score (nSPS) is 13.2. The number of hydrogen-bond acceptors (Lipinski definition) is 12. The van der Waals surface area contributed by atoms with E-state index in [1.54, 1.807) is 34.6 Å². The van der Waals surface area contributed by atoms with Gasteiger partial charge in [-0.2, -0.15) is 0 Å². The third kappa shape index (κ3) is 26.1. The van der Waals surface area contributed by atoms with E-state index in [1.165, 1.54) is 27.5 Å². The SMILES string of the molecule is C=Cc1c(C)c(C(OC(C)(C)C)C(C)=O)c(-c2ccc(Cl)cc2)c2ccccc12.CC(=O)C(OC(C)(C)C)c1c(C)c(Br)c2ccccc2c1-c1ccc(Cl)cc1.CC(=O)C(OC(C)(C)C)c1c(C)c(C)c2ccccc2c1-c1ccc(Cl)cc1.CC(=O)[C@@H](OC(C)(C)C)c1c(C)cc2ccc(Cl)cc2c1-c1ccc2c3c(ccnc13)CCO2.CCc1c(C)c(C(OC(C)(C)C)C(C)=O)c(-c2ccc(Cl)cc2)c2ccccc12. The summed E-state index contributed by atoms with van der Waals surface area (Å²) < 4.78 is 38.5. The number of carbonyl (C=O) groups excluding carboxylic acids is 5. The first kappa shape index (κ1) is 114. The number of benzene rings is 15. The van der Waals surface area contributed by atoms with Gasteiger partial charge < -0.3 is 28.4 Å². The number of fused-ring (bicyclic) bond motifs is 5. The van der Waals surface area contributed by atoms with Gasteiger partial charge in [-0.25, -0.2) is 0 Å². The maximum absolute atomic E-state index is 13.0. The highest BCUT2D eigenvalue weighted by atomic mass is 79.9. The molecule has 2 heterocycles. The molecule has 0 saturated carbocycles. The Bertz CT molecular complexity index is 7560. The van der Waals surface area contributed by atoms with Gasteiger partial charge in [0.2, 0.25) is 0 Å². The van der Waals surface area contributed by atoms with Crippen LogP contribution in [0.3, 0.4) is 0 Å². The summed E-state index contributed by atoms with van der Waals surface area (Å²) in [6.45, 7) is 56.9. The minimum atomic E-state index is -0.722. The molecule has 1 aliphatic heterocycles. The molecule has 0 spiro atoms. The molecule has 0 amide bonds. The molecule has 768 valence electrons. The highest BCUT2D eigenvalue weighted by molar-refractivity contribution is 9.10. The van der Waals surface area contributed by atoms with Gasteiger partial charge in [0.15, 0.2) is 28.9 Å². The molecular weight excluding hydrogens is 2010 g/mol. The van der Waals surface area contributed by atoms with Gasteiger partial charge >= 0.3 is 0 Å². The van der Waals surface area contributed by atoms with Gasteiger partial charge in [-0.15, -0.1) is 0 Å². The van der Waals surface area contributed by atoms with Crippen molar-refractivity contribution in [1.29, 1.82) is 0 Å². The Hall–Kier alpha value is -11.4. The number of aryl methyl sites for hydroxylation is 3. The summed E-state index contributed by atoms with van der Waals surface area (Å²) >= 11 is 34.8. The molecule has 0 saturated heterocycles. The van der Waals surface area contributed by atoms with E-state index >= 15 is 0 Å². The van der Waals surface area contributed by atoms with E-state index in [2.05, 4.69) is 117 Å². The Balaban J connectivity index is 0.000000155. The molecule has 17 rings (SSSR count). The Kier molecular flexibility index (Phi) is 36.2. The number of ether oxygens (including phenoxy) is 6. The molecule has 12 nitrogen and oxygen atoms in total. The van der Waals surface area contributed by atoms with Crippen molar-refractivity contribution in [2.24, 2.45) is 0 Å². The molecule has 16 aromatic rings. The predicted molar refractivity (Wildman–Crippen MR) is 623 cm³/mol. The minimum Gasteiger partial charge on any atom is -0.493 e. The summed E-state index contributed by atoms with van der Waals surface area (Å²) in [6.07, 6.45) is 2.13. The maximum Gasteiger partial charge on any atom is 0.163 e. The molecule has 1 aliphatic rings. The smallest absolute Gasteiger partial charge is 0.163 e. The number of rotatable bonds is 22. The number of nitrogens with zero attached hydrogens (tertiary/aromatic N) is 1. The second-order valence-electron chi connectivity index (χ2n) is 43.1. The lowest BCUT2D eigenvalue weighted by Crippen LogP contribution is -2.27. The second-order valence-corrected chi connectivity index (χ2v) is 46.1. The van der Waals surface area contributed by atoms with Crippen LogP contribution in [0.5, 0.6) is 5.75 Å². The molecule has 0 aliphatic carbocycles. The lowest BCUT2D eigenvalue weighted by atomic mass is 9.82. The van der Waals surface area contributed by atoms with Gasteiger partial charge in [-0.3, -0.25) is 29.0 Å². The molecule has 0 N–H and O–H groups in total. The van der Waals surface area contributed by atoms with E-state index in [-0.39, 0.29) is 28.9 Å². The fraction of sp³-hybridized carbons (Fsp3) is 0.308. The number of pyridine rings is 1. The van der Waals surface area contributed by atoms with Gasteiger partial charge in [0, 0.05) is 64.3 Å². The van der Waals surface area contributed by atoms with Crippen molar-refractivity contribution in [3.63, 3.8) is 0 Å². The van der Waals surface area contributed by atoms with Gasteiger partial charge in [0.1, 0.15) is 36.3 Å². The fourth-order valence-corrected chi connectivity index (χ4v) is 21.3. The molecule has 1 aromatic heterocycles. The van der Waals surface area contributed by atoms with E-state index < -0.39 is 58.5 Å². The molecule has 15 aromatic carbocycles. The van der Waals surface area contributed by atoms with Crippen LogP contribution >= 0.6 is 73.9 Å². The summed E-state index contributed by atoms with van der Waals surface area (Å²) in [5.41, 5.74) is 23.1.